The number of nitrogens with zero attached hydrogens (tertiary/aromatic N) is 2. The predicted octanol–water partition coefficient (Wildman–Crippen LogP) is 4.22. The quantitative estimate of drug-likeness (QED) is 0.723. The van der Waals surface area contributed by atoms with E-state index in [1.165, 1.54) is 12.1 Å². The first kappa shape index (κ1) is 21.6. The highest BCUT2D eigenvalue weighted by Gasteiger charge is 2.52. The molecular weight excluding hydrogens is 417 g/mol. The molecule has 2 aromatic rings. The topological polar surface area (TPSA) is 73.2 Å². The summed E-state index contributed by atoms with van der Waals surface area (Å²) in [7, 11) is 0. The standard InChI is InChI=1S/C27H28FN3O2/c28-22-9-3-8-21(16-22)20-7-1-4-18(14-20)15-24-23(30-26(33)27(17-29)11-12-27)10-13-31(24)25(32)19-5-2-6-19/h1,3-4,7-9,14,16,19,23-24H,2,5-6,10-13,15H2,(H,30,33). The van der Waals surface area contributed by atoms with Gasteiger partial charge >= 0.3 is 0 Å². The molecule has 1 saturated heterocycles. The maximum atomic E-state index is 13.7. The normalized spacial score (nSPS) is 23.5. The van der Waals surface area contributed by atoms with Crippen LogP contribution in [-0.2, 0) is 16.0 Å². The van der Waals surface area contributed by atoms with Crippen LogP contribution in [0.25, 0.3) is 11.1 Å². The molecule has 2 saturated carbocycles. The summed E-state index contributed by atoms with van der Waals surface area (Å²) in [5.41, 5.74) is 1.88. The van der Waals surface area contributed by atoms with Crippen molar-refractivity contribution in [3.05, 3.63) is 59.9 Å². The number of benzene rings is 2. The summed E-state index contributed by atoms with van der Waals surface area (Å²) in [5.74, 6) is -0.202. The molecule has 1 N–H and O–H groups in total. The Morgan fingerprint density at radius 3 is 2.45 bits per heavy atom. The maximum absolute atomic E-state index is 13.7. The molecule has 6 heteroatoms. The minimum Gasteiger partial charge on any atom is -0.350 e. The summed E-state index contributed by atoms with van der Waals surface area (Å²) >= 11 is 0. The van der Waals surface area contributed by atoms with Crippen molar-refractivity contribution in [1.29, 1.82) is 5.26 Å². The van der Waals surface area contributed by atoms with E-state index in [2.05, 4.69) is 11.4 Å². The first-order chi connectivity index (χ1) is 16.0. The van der Waals surface area contributed by atoms with Crippen LogP contribution in [0.15, 0.2) is 48.5 Å². The molecule has 1 heterocycles. The smallest absolute Gasteiger partial charge is 0.240 e. The summed E-state index contributed by atoms with van der Waals surface area (Å²) in [5, 5.41) is 12.5. The number of likely N-dealkylation sites (tertiary alicyclic amines) is 1. The van der Waals surface area contributed by atoms with Gasteiger partial charge in [-0.1, -0.05) is 42.8 Å². The van der Waals surface area contributed by atoms with Gasteiger partial charge in [-0.05, 0) is 67.3 Å². The van der Waals surface area contributed by atoms with Crippen LogP contribution in [0.3, 0.4) is 0 Å². The van der Waals surface area contributed by atoms with E-state index in [1.807, 2.05) is 35.2 Å². The number of amides is 2. The number of nitriles is 1. The summed E-state index contributed by atoms with van der Waals surface area (Å²) in [6.45, 7) is 0.619. The minimum absolute atomic E-state index is 0.0921. The second kappa shape index (κ2) is 8.62. The number of carbonyl (C=O) groups excluding carboxylic acids is 2. The Morgan fingerprint density at radius 2 is 1.82 bits per heavy atom. The van der Waals surface area contributed by atoms with Crippen LogP contribution in [0.1, 0.15) is 44.1 Å². The van der Waals surface area contributed by atoms with E-state index in [9.17, 15) is 19.2 Å². The Hall–Kier alpha value is -3.20. The first-order valence-electron chi connectivity index (χ1n) is 11.9. The molecule has 0 spiro atoms. The number of carbonyl (C=O) groups is 2. The Morgan fingerprint density at radius 1 is 1.09 bits per heavy atom. The van der Waals surface area contributed by atoms with Gasteiger partial charge in [0.05, 0.1) is 18.2 Å². The molecule has 0 aromatic heterocycles. The molecule has 2 aliphatic carbocycles. The van der Waals surface area contributed by atoms with Crippen molar-refractivity contribution in [1.82, 2.24) is 10.2 Å². The third-order valence-electron chi connectivity index (χ3n) is 7.53. The highest BCUT2D eigenvalue weighted by atomic mass is 19.1. The third kappa shape index (κ3) is 4.25. The number of rotatable bonds is 6. The average Bonchev–Trinajstić information content (AvgIpc) is 3.50. The molecule has 3 aliphatic rings. The Labute approximate surface area is 193 Å². The lowest BCUT2D eigenvalue weighted by atomic mass is 9.84. The lowest BCUT2D eigenvalue weighted by Gasteiger charge is -2.34. The van der Waals surface area contributed by atoms with Gasteiger partial charge in [-0.2, -0.15) is 5.26 Å². The van der Waals surface area contributed by atoms with Gasteiger partial charge in [-0.3, -0.25) is 9.59 Å². The minimum atomic E-state index is -0.882. The molecule has 0 radical (unpaired) electrons. The molecular formula is C27H28FN3O2. The highest BCUT2D eigenvalue weighted by Crippen LogP contribution is 2.45. The van der Waals surface area contributed by atoms with E-state index in [-0.39, 0.29) is 35.6 Å². The van der Waals surface area contributed by atoms with Crippen molar-refractivity contribution in [2.24, 2.45) is 11.3 Å². The predicted molar refractivity (Wildman–Crippen MR) is 122 cm³/mol. The molecule has 33 heavy (non-hydrogen) atoms. The van der Waals surface area contributed by atoms with Gasteiger partial charge in [-0.15, -0.1) is 0 Å². The Kier molecular flexibility index (Phi) is 5.65. The zero-order valence-corrected chi connectivity index (χ0v) is 18.6. The van der Waals surface area contributed by atoms with E-state index in [4.69, 9.17) is 0 Å². The molecule has 2 atom stereocenters. The molecule has 5 rings (SSSR count). The van der Waals surface area contributed by atoms with Crippen LogP contribution in [-0.4, -0.2) is 35.3 Å². The monoisotopic (exact) mass is 445 g/mol. The molecule has 1 aliphatic heterocycles. The van der Waals surface area contributed by atoms with Gasteiger partial charge in [0.25, 0.3) is 0 Å². The molecule has 0 bridgehead atoms. The summed E-state index contributed by atoms with van der Waals surface area (Å²) in [6, 6.07) is 16.3. The fourth-order valence-corrected chi connectivity index (χ4v) is 5.05. The van der Waals surface area contributed by atoms with Gasteiger partial charge in [0.15, 0.2) is 0 Å². The average molecular weight is 446 g/mol. The first-order valence-corrected chi connectivity index (χ1v) is 11.9. The van der Waals surface area contributed by atoms with Crippen LogP contribution in [0.5, 0.6) is 0 Å². The van der Waals surface area contributed by atoms with Gasteiger partial charge in [-0.25, -0.2) is 4.39 Å². The highest BCUT2D eigenvalue weighted by molar-refractivity contribution is 5.88. The van der Waals surface area contributed by atoms with Crippen molar-refractivity contribution < 1.29 is 14.0 Å². The number of hydrogen-bond donors (Lipinski definition) is 1. The SMILES string of the molecule is N#CC1(C(=O)NC2CCN(C(=O)C3CCC3)C2Cc2cccc(-c3cccc(F)c3)c2)CC1. The summed E-state index contributed by atoms with van der Waals surface area (Å²) in [4.78, 5) is 27.9. The second-order valence-corrected chi connectivity index (χ2v) is 9.70. The van der Waals surface area contributed by atoms with Crippen molar-refractivity contribution >= 4 is 11.8 Å². The van der Waals surface area contributed by atoms with Crippen molar-refractivity contribution in [3.8, 4) is 17.2 Å². The number of hydrogen-bond acceptors (Lipinski definition) is 3. The molecule has 170 valence electrons. The fourth-order valence-electron chi connectivity index (χ4n) is 5.05. The summed E-state index contributed by atoms with van der Waals surface area (Å²) in [6.07, 6.45) is 5.47. The van der Waals surface area contributed by atoms with E-state index < -0.39 is 5.41 Å². The van der Waals surface area contributed by atoms with Crippen molar-refractivity contribution in [2.75, 3.05) is 6.54 Å². The zero-order chi connectivity index (χ0) is 23.0. The maximum Gasteiger partial charge on any atom is 0.240 e. The number of nitrogens with one attached hydrogen (secondary N) is 1. The van der Waals surface area contributed by atoms with Gasteiger partial charge < -0.3 is 10.2 Å². The van der Waals surface area contributed by atoms with Crippen LogP contribution in [0.4, 0.5) is 4.39 Å². The van der Waals surface area contributed by atoms with Crippen molar-refractivity contribution in [2.45, 2.75) is 57.0 Å². The Bertz CT molecular complexity index is 1120. The molecule has 2 amide bonds. The number of halogens is 1. The fraction of sp³-hybridized carbons (Fsp3) is 0.444. The van der Waals surface area contributed by atoms with E-state index >= 15 is 0 Å². The molecule has 5 nitrogen and oxygen atoms in total. The lowest BCUT2D eigenvalue weighted by molar-refractivity contribution is -0.139. The zero-order valence-electron chi connectivity index (χ0n) is 18.6. The van der Waals surface area contributed by atoms with Crippen molar-refractivity contribution in [3.63, 3.8) is 0 Å². The van der Waals surface area contributed by atoms with Crippen LogP contribution < -0.4 is 5.32 Å². The third-order valence-corrected chi connectivity index (χ3v) is 7.53. The van der Waals surface area contributed by atoms with E-state index in [0.717, 1.165) is 36.0 Å². The van der Waals surface area contributed by atoms with Gasteiger partial charge in [0.2, 0.25) is 11.8 Å². The van der Waals surface area contributed by atoms with Gasteiger partial charge in [0.1, 0.15) is 11.2 Å². The molecule has 2 aromatic carbocycles. The molecule has 2 unspecified atom stereocenters. The van der Waals surface area contributed by atoms with E-state index in [0.29, 0.717) is 32.2 Å². The van der Waals surface area contributed by atoms with Crippen LogP contribution in [0.2, 0.25) is 0 Å². The van der Waals surface area contributed by atoms with Gasteiger partial charge in [0, 0.05) is 12.5 Å². The van der Waals surface area contributed by atoms with Crippen LogP contribution in [0, 0.1) is 28.5 Å². The second-order valence-electron chi connectivity index (χ2n) is 9.70. The lowest BCUT2D eigenvalue weighted by Crippen LogP contribution is -2.51. The van der Waals surface area contributed by atoms with Crippen LogP contribution >= 0.6 is 0 Å². The largest absolute Gasteiger partial charge is 0.350 e. The summed E-state index contributed by atoms with van der Waals surface area (Å²) < 4.78 is 13.7. The Balaban J connectivity index is 1.39. The van der Waals surface area contributed by atoms with E-state index in [1.54, 1.807) is 6.07 Å². The molecule has 3 fully saturated rings.